The summed E-state index contributed by atoms with van der Waals surface area (Å²) in [6.45, 7) is 3.60. The monoisotopic (exact) mass is 206 g/mol. The van der Waals surface area contributed by atoms with Crippen LogP contribution in [0.15, 0.2) is 36.4 Å². The van der Waals surface area contributed by atoms with Crippen LogP contribution in [-0.4, -0.2) is 0 Å². The molecule has 0 aliphatic carbocycles. The van der Waals surface area contributed by atoms with Crippen molar-refractivity contribution in [3.05, 3.63) is 48.9 Å². The van der Waals surface area contributed by atoms with E-state index in [1.165, 1.54) is 5.56 Å². The minimum atomic E-state index is 0. The van der Waals surface area contributed by atoms with Crippen molar-refractivity contribution in [3.8, 4) is 0 Å². The van der Waals surface area contributed by atoms with E-state index in [1.807, 2.05) is 36.4 Å². The molecule has 1 rings (SSSR count). The number of hydrogen-bond donors (Lipinski definition) is 0. The first kappa shape index (κ1) is 9.93. The molecule has 0 nitrogen and oxygen atoms in total. The molecule has 0 atom stereocenters. The van der Waals surface area contributed by atoms with Gasteiger partial charge in [-0.3, -0.25) is 0 Å². The molecule has 0 N–H and O–H groups in total. The molecule has 0 saturated carbocycles. The second kappa shape index (κ2) is 5.70. The third-order valence-electron chi connectivity index (χ3n) is 1.11. The van der Waals surface area contributed by atoms with Crippen LogP contribution >= 0.6 is 0 Å². The number of allylic oxidation sites excluding steroid dienone is 1. The SMILES string of the molecule is [CH2-]/C=C/c1ccccc1.[Y]. The average Bonchev–Trinajstić information content (AvgIpc) is 1.91. The van der Waals surface area contributed by atoms with Crippen LogP contribution in [0.2, 0.25) is 0 Å². The van der Waals surface area contributed by atoms with Gasteiger partial charge in [0.2, 0.25) is 0 Å². The van der Waals surface area contributed by atoms with Gasteiger partial charge in [0.25, 0.3) is 0 Å². The Labute approximate surface area is 87.2 Å². The van der Waals surface area contributed by atoms with Crippen LogP contribution in [0.5, 0.6) is 0 Å². The second-order valence-corrected chi connectivity index (χ2v) is 1.81. The van der Waals surface area contributed by atoms with Gasteiger partial charge in [-0.2, -0.15) is 0 Å². The van der Waals surface area contributed by atoms with Crippen LogP contribution in [0.1, 0.15) is 5.56 Å². The van der Waals surface area contributed by atoms with Gasteiger partial charge in [-0.15, -0.1) is 5.56 Å². The summed E-state index contributed by atoms with van der Waals surface area (Å²) in [5.41, 5.74) is 1.20. The predicted octanol–water partition coefficient (Wildman–Crippen LogP) is 2.53. The Morgan fingerprint density at radius 3 is 2.20 bits per heavy atom. The fraction of sp³-hybridized carbons (Fsp3) is 0. The summed E-state index contributed by atoms with van der Waals surface area (Å²) < 4.78 is 0. The predicted molar refractivity (Wildman–Crippen MR) is 40.8 cm³/mol. The van der Waals surface area contributed by atoms with E-state index in [4.69, 9.17) is 0 Å². The zero-order valence-electron chi connectivity index (χ0n) is 5.83. The van der Waals surface area contributed by atoms with Crippen LogP contribution in [0.3, 0.4) is 0 Å². The molecule has 0 spiro atoms. The first-order valence-corrected chi connectivity index (χ1v) is 2.94. The first-order chi connectivity index (χ1) is 4.43. The maximum absolute atomic E-state index is 3.60. The standard InChI is InChI=1S/C9H9.Y/c1-2-6-9-7-4-3-5-8-9;/h2-8H,1H2;/q-1;/b6-2+;. The molecule has 1 heteroatoms. The van der Waals surface area contributed by atoms with E-state index in [9.17, 15) is 0 Å². The smallest absolute Gasteiger partial charge is 0 e. The van der Waals surface area contributed by atoms with Gasteiger partial charge in [0.05, 0.1) is 0 Å². The van der Waals surface area contributed by atoms with Gasteiger partial charge in [0, 0.05) is 32.7 Å². The molecule has 0 saturated heterocycles. The Kier molecular flexibility index (Phi) is 5.66. The Morgan fingerprint density at radius 2 is 1.70 bits per heavy atom. The number of benzene rings is 1. The number of rotatable bonds is 1. The minimum absolute atomic E-state index is 0. The first-order valence-electron chi connectivity index (χ1n) is 2.94. The van der Waals surface area contributed by atoms with Gasteiger partial charge < -0.3 is 0 Å². The normalized spacial score (nSPS) is 9.20. The van der Waals surface area contributed by atoms with E-state index < -0.39 is 0 Å². The van der Waals surface area contributed by atoms with Crippen LogP contribution in [0.4, 0.5) is 0 Å². The van der Waals surface area contributed by atoms with Crippen molar-refractivity contribution in [2.24, 2.45) is 0 Å². The van der Waals surface area contributed by atoms with E-state index in [0.717, 1.165) is 0 Å². The Hall–Kier alpha value is -0.0661. The summed E-state index contributed by atoms with van der Waals surface area (Å²) in [6.07, 6.45) is 3.76. The quantitative estimate of drug-likeness (QED) is 0.619. The Bertz CT molecular complexity index is 189. The second-order valence-electron chi connectivity index (χ2n) is 1.81. The molecule has 0 fully saturated rings. The molecule has 49 valence electrons. The van der Waals surface area contributed by atoms with Crippen LogP contribution in [-0.2, 0) is 32.7 Å². The van der Waals surface area contributed by atoms with E-state index in [2.05, 4.69) is 6.92 Å². The van der Waals surface area contributed by atoms with Crippen LogP contribution in [0, 0.1) is 6.92 Å². The molecule has 10 heavy (non-hydrogen) atoms. The van der Waals surface area contributed by atoms with Crippen molar-refractivity contribution >= 4 is 6.08 Å². The third-order valence-corrected chi connectivity index (χ3v) is 1.11. The van der Waals surface area contributed by atoms with Crippen LogP contribution < -0.4 is 0 Å². The largest absolute Gasteiger partial charge is 0.245 e. The Morgan fingerprint density at radius 1 is 1.10 bits per heavy atom. The van der Waals surface area contributed by atoms with E-state index in [1.54, 1.807) is 6.08 Å². The molecule has 0 aromatic heterocycles. The van der Waals surface area contributed by atoms with Gasteiger partial charge in [-0.25, -0.2) is 19.1 Å². The van der Waals surface area contributed by atoms with Gasteiger partial charge >= 0.3 is 0 Å². The van der Waals surface area contributed by atoms with Crippen molar-refractivity contribution in [3.63, 3.8) is 0 Å². The Balaban J connectivity index is 0.000000810. The van der Waals surface area contributed by atoms with Gasteiger partial charge in [-0.05, 0) is 0 Å². The maximum atomic E-state index is 3.60. The van der Waals surface area contributed by atoms with Crippen molar-refractivity contribution in [2.45, 2.75) is 0 Å². The zero-order chi connectivity index (χ0) is 6.53. The molecular formula is C9H9Y-. The average molecular weight is 206 g/mol. The molecule has 0 heterocycles. The molecule has 1 radical (unpaired) electrons. The van der Waals surface area contributed by atoms with E-state index in [0.29, 0.717) is 0 Å². The summed E-state index contributed by atoms with van der Waals surface area (Å²) in [5, 5.41) is 0. The number of hydrogen-bond acceptors (Lipinski definition) is 0. The molecular weight excluding hydrogens is 197 g/mol. The molecule has 0 aliphatic heterocycles. The summed E-state index contributed by atoms with van der Waals surface area (Å²) in [7, 11) is 0. The van der Waals surface area contributed by atoms with Crippen molar-refractivity contribution in [1.29, 1.82) is 0 Å². The maximum Gasteiger partial charge on any atom is 0 e. The fourth-order valence-corrected chi connectivity index (χ4v) is 0.700. The van der Waals surface area contributed by atoms with Gasteiger partial charge in [0.15, 0.2) is 0 Å². The van der Waals surface area contributed by atoms with Crippen LogP contribution in [0.25, 0.3) is 6.08 Å². The minimum Gasteiger partial charge on any atom is -0.245 e. The summed E-state index contributed by atoms with van der Waals surface area (Å²) >= 11 is 0. The summed E-state index contributed by atoms with van der Waals surface area (Å²) in [4.78, 5) is 0. The van der Waals surface area contributed by atoms with Gasteiger partial charge in [-0.1, -0.05) is 30.3 Å². The zero-order valence-corrected chi connectivity index (χ0v) is 8.66. The van der Waals surface area contributed by atoms with E-state index in [-0.39, 0.29) is 32.7 Å². The summed E-state index contributed by atoms with van der Waals surface area (Å²) in [5.74, 6) is 0. The molecule has 0 bridgehead atoms. The van der Waals surface area contributed by atoms with Crippen molar-refractivity contribution < 1.29 is 32.7 Å². The molecule has 1 aromatic rings. The third kappa shape index (κ3) is 3.19. The molecule has 0 aliphatic rings. The van der Waals surface area contributed by atoms with E-state index >= 15 is 0 Å². The topological polar surface area (TPSA) is 0 Å². The summed E-state index contributed by atoms with van der Waals surface area (Å²) in [6, 6.07) is 10.1. The van der Waals surface area contributed by atoms with Gasteiger partial charge in [0.1, 0.15) is 0 Å². The molecule has 0 amide bonds. The molecule has 1 aromatic carbocycles. The van der Waals surface area contributed by atoms with Crippen molar-refractivity contribution in [2.75, 3.05) is 0 Å². The fourth-order valence-electron chi connectivity index (χ4n) is 0.700. The molecule has 0 unspecified atom stereocenters. The van der Waals surface area contributed by atoms with Crippen molar-refractivity contribution in [1.82, 2.24) is 0 Å².